The number of ether oxygens (including phenoxy) is 2. The minimum Gasteiger partial charge on any atom is -0.383 e. The first-order valence-electron chi connectivity index (χ1n) is 5.83. The normalized spacial score (nSPS) is 25.3. The first-order valence-corrected chi connectivity index (χ1v) is 5.83. The zero-order valence-electron chi connectivity index (χ0n) is 10.4. The van der Waals surface area contributed by atoms with E-state index in [2.05, 4.69) is 14.9 Å². The number of hydrogen-bond donors (Lipinski definition) is 0. The summed E-state index contributed by atoms with van der Waals surface area (Å²) in [5.41, 5.74) is 1.13. The van der Waals surface area contributed by atoms with Crippen LogP contribution in [-0.2, 0) is 16.0 Å². The van der Waals surface area contributed by atoms with Gasteiger partial charge in [0.25, 0.3) is 0 Å². The molecule has 1 aliphatic heterocycles. The van der Waals surface area contributed by atoms with E-state index in [0.717, 1.165) is 31.7 Å². The molecule has 17 heavy (non-hydrogen) atoms. The molecule has 0 saturated carbocycles. The summed E-state index contributed by atoms with van der Waals surface area (Å²) < 4.78 is 10.7. The van der Waals surface area contributed by atoms with Gasteiger partial charge in [0, 0.05) is 51.3 Å². The van der Waals surface area contributed by atoms with Crippen molar-refractivity contribution in [2.45, 2.75) is 25.1 Å². The predicted molar refractivity (Wildman–Crippen MR) is 63.5 cm³/mol. The van der Waals surface area contributed by atoms with E-state index in [-0.39, 0.29) is 0 Å². The minimum absolute atomic E-state index is 0.305. The second-order valence-corrected chi connectivity index (χ2v) is 4.38. The quantitative estimate of drug-likeness (QED) is 0.755. The largest absolute Gasteiger partial charge is 0.383 e. The Morgan fingerprint density at radius 2 is 2.12 bits per heavy atom. The fourth-order valence-electron chi connectivity index (χ4n) is 2.31. The summed E-state index contributed by atoms with van der Waals surface area (Å²) in [7, 11) is 3.51. The smallest absolute Gasteiger partial charge is 0.115 e. The van der Waals surface area contributed by atoms with Gasteiger partial charge >= 0.3 is 0 Å². The average Bonchev–Trinajstić information content (AvgIpc) is 2.74. The molecule has 1 aromatic rings. The van der Waals surface area contributed by atoms with Crippen LogP contribution in [0.4, 0.5) is 0 Å². The Balaban J connectivity index is 1.98. The van der Waals surface area contributed by atoms with Crippen molar-refractivity contribution in [1.29, 1.82) is 0 Å². The van der Waals surface area contributed by atoms with Crippen LogP contribution in [0.2, 0.25) is 0 Å². The molecule has 0 aliphatic carbocycles. The van der Waals surface area contributed by atoms with Gasteiger partial charge in [0.1, 0.15) is 6.33 Å². The summed E-state index contributed by atoms with van der Waals surface area (Å²) in [4.78, 5) is 10.4. The summed E-state index contributed by atoms with van der Waals surface area (Å²) in [6, 6.07) is 0.421. The van der Waals surface area contributed by atoms with E-state index in [1.807, 2.05) is 12.4 Å². The predicted octanol–water partition coefficient (Wildman–Crippen LogP) is 0.712. The molecule has 0 amide bonds. The maximum atomic E-state index is 5.43. The molecule has 1 aromatic heterocycles. The fraction of sp³-hybridized carbons (Fsp3) is 0.667. The van der Waals surface area contributed by atoms with Crippen LogP contribution < -0.4 is 0 Å². The van der Waals surface area contributed by atoms with Crippen molar-refractivity contribution in [2.24, 2.45) is 0 Å². The molecule has 1 saturated heterocycles. The van der Waals surface area contributed by atoms with Gasteiger partial charge in [-0.05, 0) is 6.42 Å². The zero-order chi connectivity index (χ0) is 12.1. The standard InChI is InChI=1S/C12H19N3O2/c1-16-8-11-3-12(17-2)7-15(11)6-10-4-13-9-14-5-10/h4-5,9,11-12H,3,6-8H2,1-2H3/t11-,12+/m0/s1. The molecule has 2 rings (SSSR count). The van der Waals surface area contributed by atoms with Crippen molar-refractivity contribution in [1.82, 2.24) is 14.9 Å². The van der Waals surface area contributed by atoms with E-state index < -0.39 is 0 Å². The Morgan fingerprint density at radius 1 is 1.35 bits per heavy atom. The monoisotopic (exact) mass is 237 g/mol. The third-order valence-corrected chi connectivity index (χ3v) is 3.18. The van der Waals surface area contributed by atoms with Gasteiger partial charge in [0.15, 0.2) is 0 Å². The van der Waals surface area contributed by atoms with Crippen molar-refractivity contribution in [3.05, 3.63) is 24.3 Å². The highest BCUT2D eigenvalue weighted by Crippen LogP contribution is 2.22. The number of aromatic nitrogens is 2. The maximum Gasteiger partial charge on any atom is 0.115 e. The van der Waals surface area contributed by atoms with Crippen LogP contribution in [-0.4, -0.2) is 54.4 Å². The number of nitrogens with zero attached hydrogens (tertiary/aromatic N) is 3. The highest BCUT2D eigenvalue weighted by Gasteiger charge is 2.31. The van der Waals surface area contributed by atoms with Gasteiger partial charge in [-0.15, -0.1) is 0 Å². The van der Waals surface area contributed by atoms with Crippen LogP contribution in [0.3, 0.4) is 0 Å². The highest BCUT2D eigenvalue weighted by atomic mass is 16.5. The first-order chi connectivity index (χ1) is 8.33. The lowest BCUT2D eigenvalue weighted by atomic mass is 10.2. The van der Waals surface area contributed by atoms with Crippen LogP contribution >= 0.6 is 0 Å². The zero-order valence-corrected chi connectivity index (χ0v) is 10.4. The van der Waals surface area contributed by atoms with E-state index in [9.17, 15) is 0 Å². The third-order valence-electron chi connectivity index (χ3n) is 3.18. The summed E-state index contributed by atoms with van der Waals surface area (Å²) in [6.45, 7) is 2.54. The molecule has 2 atom stereocenters. The molecular weight excluding hydrogens is 218 g/mol. The van der Waals surface area contributed by atoms with Crippen LogP contribution in [0, 0.1) is 0 Å². The third kappa shape index (κ3) is 3.21. The lowest BCUT2D eigenvalue weighted by molar-refractivity contribution is 0.106. The van der Waals surface area contributed by atoms with Gasteiger partial charge in [0.05, 0.1) is 12.7 Å². The van der Waals surface area contributed by atoms with E-state index in [0.29, 0.717) is 12.1 Å². The summed E-state index contributed by atoms with van der Waals surface area (Å²) in [5.74, 6) is 0. The molecule has 5 heteroatoms. The molecule has 1 aliphatic rings. The van der Waals surface area contributed by atoms with Crippen molar-refractivity contribution in [3.63, 3.8) is 0 Å². The Hall–Kier alpha value is -1.04. The number of hydrogen-bond acceptors (Lipinski definition) is 5. The second-order valence-electron chi connectivity index (χ2n) is 4.38. The van der Waals surface area contributed by atoms with Crippen molar-refractivity contribution < 1.29 is 9.47 Å². The van der Waals surface area contributed by atoms with Gasteiger partial charge in [0.2, 0.25) is 0 Å². The van der Waals surface area contributed by atoms with Crippen molar-refractivity contribution >= 4 is 0 Å². The minimum atomic E-state index is 0.305. The van der Waals surface area contributed by atoms with Crippen LogP contribution in [0.15, 0.2) is 18.7 Å². The Kier molecular flexibility index (Phi) is 4.42. The average molecular weight is 237 g/mol. The van der Waals surface area contributed by atoms with Crippen LogP contribution in [0.5, 0.6) is 0 Å². The molecule has 0 bridgehead atoms. The van der Waals surface area contributed by atoms with E-state index in [1.165, 1.54) is 0 Å². The number of methoxy groups -OCH3 is 2. The molecule has 94 valence electrons. The van der Waals surface area contributed by atoms with Crippen molar-refractivity contribution in [3.8, 4) is 0 Å². The number of rotatable bonds is 5. The maximum absolute atomic E-state index is 5.43. The molecule has 0 N–H and O–H groups in total. The summed E-state index contributed by atoms with van der Waals surface area (Å²) >= 11 is 0. The topological polar surface area (TPSA) is 47.5 Å². The van der Waals surface area contributed by atoms with Crippen molar-refractivity contribution in [2.75, 3.05) is 27.4 Å². The first kappa shape index (κ1) is 12.4. The molecule has 0 unspecified atom stereocenters. The molecule has 0 radical (unpaired) electrons. The second kappa shape index (κ2) is 6.05. The SMILES string of the molecule is COC[C@@H]1C[C@@H](OC)CN1Cc1cncnc1. The Labute approximate surface area is 102 Å². The van der Waals surface area contributed by atoms with Gasteiger partial charge in [-0.3, -0.25) is 4.90 Å². The Morgan fingerprint density at radius 3 is 2.76 bits per heavy atom. The van der Waals surface area contributed by atoms with E-state index in [4.69, 9.17) is 9.47 Å². The lowest BCUT2D eigenvalue weighted by Gasteiger charge is -2.22. The van der Waals surface area contributed by atoms with Gasteiger partial charge in [-0.25, -0.2) is 9.97 Å². The fourth-order valence-corrected chi connectivity index (χ4v) is 2.31. The molecule has 5 nitrogen and oxygen atoms in total. The molecular formula is C12H19N3O2. The Bertz CT molecular complexity index is 334. The summed E-state index contributed by atoms with van der Waals surface area (Å²) in [5, 5.41) is 0. The summed E-state index contributed by atoms with van der Waals surface area (Å²) in [6.07, 6.45) is 6.60. The molecule has 0 aromatic carbocycles. The van der Waals surface area contributed by atoms with Crippen LogP contribution in [0.1, 0.15) is 12.0 Å². The van der Waals surface area contributed by atoms with Crippen LogP contribution in [0.25, 0.3) is 0 Å². The van der Waals surface area contributed by atoms with Gasteiger partial charge in [-0.1, -0.05) is 0 Å². The molecule has 2 heterocycles. The van der Waals surface area contributed by atoms with Gasteiger partial charge in [-0.2, -0.15) is 0 Å². The molecule has 0 spiro atoms. The number of likely N-dealkylation sites (tertiary alicyclic amines) is 1. The van der Waals surface area contributed by atoms with E-state index in [1.54, 1.807) is 20.5 Å². The van der Waals surface area contributed by atoms with E-state index >= 15 is 0 Å². The van der Waals surface area contributed by atoms with Gasteiger partial charge < -0.3 is 9.47 Å². The lowest BCUT2D eigenvalue weighted by Crippen LogP contribution is -2.32. The molecule has 1 fully saturated rings. The highest BCUT2D eigenvalue weighted by molar-refractivity contribution is 5.03.